The van der Waals surface area contributed by atoms with E-state index in [1.807, 2.05) is 10.9 Å². The second kappa shape index (κ2) is 3.20. The van der Waals surface area contributed by atoms with Crippen LogP contribution >= 0.6 is 0 Å². The van der Waals surface area contributed by atoms with E-state index in [-0.39, 0.29) is 0 Å². The lowest BCUT2D eigenvalue weighted by molar-refractivity contribution is -0.120. The van der Waals surface area contributed by atoms with Crippen molar-refractivity contribution < 1.29 is 4.79 Å². The Morgan fingerprint density at radius 1 is 1.46 bits per heavy atom. The van der Waals surface area contributed by atoms with Crippen LogP contribution in [0.25, 0.3) is 0 Å². The number of hydrogen-bond acceptors (Lipinski definition) is 3. The third kappa shape index (κ3) is 1.71. The number of nitrogens with zero attached hydrogens (tertiary/aromatic N) is 2. The summed E-state index contributed by atoms with van der Waals surface area (Å²) in [7, 11) is 0. The zero-order chi connectivity index (χ0) is 9.26. The molecule has 4 nitrogen and oxygen atoms in total. The number of Topliss-reactive ketones (excluding diaryl/α,β-unsaturated/α-hetero) is 1. The minimum atomic E-state index is 0.370. The van der Waals surface area contributed by atoms with Crippen molar-refractivity contribution in [3.05, 3.63) is 12.4 Å². The molecule has 0 radical (unpaired) electrons. The first kappa shape index (κ1) is 8.29. The van der Waals surface area contributed by atoms with Crippen molar-refractivity contribution in [2.45, 2.75) is 31.7 Å². The Labute approximate surface area is 76.7 Å². The van der Waals surface area contributed by atoms with Gasteiger partial charge in [-0.05, 0) is 12.8 Å². The molecule has 1 aliphatic carbocycles. The highest BCUT2D eigenvalue weighted by Crippen LogP contribution is 2.25. The Bertz CT molecular complexity index is 308. The van der Waals surface area contributed by atoms with Crippen molar-refractivity contribution in [1.82, 2.24) is 9.78 Å². The molecule has 0 aromatic carbocycles. The molecule has 0 atom stereocenters. The molecule has 0 spiro atoms. The van der Waals surface area contributed by atoms with Crippen LogP contribution in [-0.4, -0.2) is 15.6 Å². The van der Waals surface area contributed by atoms with Gasteiger partial charge in [-0.1, -0.05) is 0 Å². The minimum Gasteiger partial charge on any atom is -0.396 e. The summed E-state index contributed by atoms with van der Waals surface area (Å²) >= 11 is 0. The average molecular weight is 179 g/mol. The highest BCUT2D eigenvalue weighted by Gasteiger charge is 2.20. The number of hydrogen-bond donors (Lipinski definition) is 1. The highest BCUT2D eigenvalue weighted by atomic mass is 16.1. The molecule has 0 unspecified atom stereocenters. The van der Waals surface area contributed by atoms with E-state index in [9.17, 15) is 4.79 Å². The summed E-state index contributed by atoms with van der Waals surface area (Å²) in [4.78, 5) is 11.0. The fourth-order valence-electron chi connectivity index (χ4n) is 1.74. The maximum absolute atomic E-state index is 11.0. The van der Waals surface area contributed by atoms with Crippen LogP contribution in [0.2, 0.25) is 0 Å². The topological polar surface area (TPSA) is 60.9 Å². The van der Waals surface area contributed by atoms with E-state index in [4.69, 9.17) is 5.73 Å². The second-order valence-electron chi connectivity index (χ2n) is 3.52. The van der Waals surface area contributed by atoms with E-state index in [1.165, 1.54) is 0 Å². The van der Waals surface area contributed by atoms with Crippen LogP contribution < -0.4 is 5.73 Å². The van der Waals surface area contributed by atoms with Gasteiger partial charge >= 0.3 is 0 Å². The molecule has 70 valence electrons. The van der Waals surface area contributed by atoms with E-state index < -0.39 is 0 Å². The fourth-order valence-corrected chi connectivity index (χ4v) is 1.74. The van der Waals surface area contributed by atoms with Crippen molar-refractivity contribution in [2.75, 3.05) is 5.73 Å². The summed E-state index contributed by atoms with van der Waals surface area (Å²) in [5.74, 6) is 0.372. The molecular formula is C9H13N3O. The lowest BCUT2D eigenvalue weighted by Crippen LogP contribution is -2.18. The van der Waals surface area contributed by atoms with Crippen LogP contribution in [0.4, 0.5) is 5.69 Å². The Morgan fingerprint density at radius 2 is 2.15 bits per heavy atom. The molecule has 0 saturated heterocycles. The average Bonchev–Trinajstić information content (AvgIpc) is 2.53. The molecule has 1 heterocycles. The number of rotatable bonds is 1. The maximum Gasteiger partial charge on any atom is 0.133 e. The quantitative estimate of drug-likeness (QED) is 0.703. The first-order chi connectivity index (χ1) is 6.25. The van der Waals surface area contributed by atoms with E-state index >= 15 is 0 Å². The van der Waals surface area contributed by atoms with Gasteiger partial charge in [0.15, 0.2) is 0 Å². The predicted molar refractivity (Wildman–Crippen MR) is 49.2 cm³/mol. The largest absolute Gasteiger partial charge is 0.396 e. The van der Waals surface area contributed by atoms with Crippen molar-refractivity contribution in [3.8, 4) is 0 Å². The number of carbonyl (C=O) groups is 1. The number of aromatic nitrogens is 2. The summed E-state index contributed by atoms with van der Waals surface area (Å²) in [5, 5.41) is 4.14. The highest BCUT2D eigenvalue weighted by molar-refractivity contribution is 5.79. The molecule has 1 saturated carbocycles. The van der Waals surface area contributed by atoms with Gasteiger partial charge in [-0.2, -0.15) is 5.10 Å². The van der Waals surface area contributed by atoms with E-state index in [2.05, 4.69) is 5.10 Å². The molecule has 13 heavy (non-hydrogen) atoms. The van der Waals surface area contributed by atoms with Crippen LogP contribution in [-0.2, 0) is 4.79 Å². The van der Waals surface area contributed by atoms with Gasteiger partial charge in [-0.25, -0.2) is 0 Å². The molecule has 0 aliphatic heterocycles. The van der Waals surface area contributed by atoms with Gasteiger partial charge in [0, 0.05) is 19.0 Å². The predicted octanol–water partition coefficient (Wildman–Crippen LogP) is 1.15. The number of nitrogens with two attached hydrogens (primary N) is 1. The van der Waals surface area contributed by atoms with Gasteiger partial charge in [0.05, 0.1) is 17.9 Å². The molecule has 1 aromatic rings. The summed E-state index contributed by atoms with van der Waals surface area (Å²) in [6, 6.07) is 0.370. The smallest absolute Gasteiger partial charge is 0.133 e. The van der Waals surface area contributed by atoms with Crippen LogP contribution in [0.3, 0.4) is 0 Å². The van der Waals surface area contributed by atoms with Crippen molar-refractivity contribution in [2.24, 2.45) is 0 Å². The van der Waals surface area contributed by atoms with Crippen molar-refractivity contribution >= 4 is 11.5 Å². The molecule has 1 fully saturated rings. The first-order valence-electron chi connectivity index (χ1n) is 4.57. The lowest BCUT2D eigenvalue weighted by atomic mass is 9.95. The standard InChI is InChI=1S/C9H13N3O/c10-7-5-11-12(6-7)8-1-3-9(13)4-2-8/h5-6,8H,1-4,10H2. The van der Waals surface area contributed by atoms with Gasteiger partial charge in [0.25, 0.3) is 0 Å². The summed E-state index contributed by atoms with van der Waals surface area (Å²) in [5.41, 5.74) is 6.25. The Morgan fingerprint density at radius 3 is 2.69 bits per heavy atom. The number of nitrogen functional groups attached to an aromatic ring is 1. The number of carbonyl (C=O) groups excluding carboxylic acids is 1. The molecule has 2 N–H and O–H groups in total. The summed E-state index contributed by atoms with van der Waals surface area (Å²) in [6.45, 7) is 0. The number of anilines is 1. The van der Waals surface area contributed by atoms with Crippen molar-refractivity contribution in [1.29, 1.82) is 0 Å². The van der Waals surface area contributed by atoms with Gasteiger partial charge in [0.2, 0.25) is 0 Å². The molecule has 1 aromatic heterocycles. The summed E-state index contributed by atoms with van der Waals surface area (Å²) < 4.78 is 1.88. The minimum absolute atomic E-state index is 0.370. The Hall–Kier alpha value is -1.32. The van der Waals surface area contributed by atoms with Gasteiger partial charge in [0.1, 0.15) is 5.78 Å². The lowest BCUT2D eigenvalue weighted by Gasteiger charge is -2.20. The van der Waals surface area contributed by atoms with Gasteiger partial charge < -0.3 is 5.73 Å². The zero-order valence-corrected chi connectivity index (χ0v) is 7.44. The first-order valence-corrected chi connectivity index (χ1v) is 4.57. The molecular weight excluding hydrogens is 166 g/mol. The van der Waals surface area contributed by atoms with Crippen LogP contribution in [0.5, 0.6) is 0 Å². The van der Waals surface area contributed by atoms with E-state index in [0.29, 0.717) is 30.4 Å². The molecule has 2 rings (SSSR count). The third-order valence-electron chi connectivity index (χ3n) is 2.51. The second-order valence-corrected chi connectivity index (χ2v) is 3.52. The van der Waals surface area contributed by atoms with Gasteiger partial charge in [-0.3, -0.25) is 9.48 Å². The molecule has 0 amide bonds. The fraction of sp³-hybridized carbons (Fsp3) is 0.556. The normalized spacial score (nSPS) is 19.2. The van der Waals surface area contributed by atoms with Crippen molar-refractivity contribution in [3.63, 3.8) is 0 Å². The molecule has 4 heteroatoms. The third-order valence-corrected chi connectivity index (χ3v) is 2.51. The Kier molecular flexibility index (Phi) is 2.04. The Balaban J connectivity index is 2.06. The number of ketones is 1. The van der Waals surface area contributed by atoms with E-state index in [0.717, 1.165) is 12.8 Å². The SMILES string of the molecule is Nc1cnn(C2CCC(=O)CC2)c1. The van der Waals surface area contributed by atoms with Crippen LogP contribution in [0, 0.1) is 0 Å². The van der Waals surface area contributed by atoms with Crippen LogP contribution in [0.15, 0.2) is 12.4 Å². The monoisotopic (exact) mass is 179 g/mol. The molecule has 0 bridgehead atoms. The van der Waals surface area contributed by atoms with E-state index in [1.54, 1.807) is 6.20 Å². The molecule has 1 aliphatic rings. The van der Waals surface area contributed by atoms with Gasteiger partial charge in [-0.15, -0.1) is 0 Å². The zero-order valence-electron chi connectivity index (χ0n) is 7.44. The maximum atomic E-state index is 11.0. The van der Waals surface area contributed by atoms with Crippen LogP contribution in [0.1, 0.15) is 31.7 Å². The summed E-state index contributed by atoms with van der Waals surface area (Å²) in [6.07, 6.45) is 6.66.